The molecule has 0 aromatic rings. The van der Waals surface area contributed by atoms with Crippen LogP contribution in [0, 0.1) is 5.92 Å². The lowest BCUT2D eigenvalue weighted by Gasteiger charge is -2.34. The molecule has 0 aromatic carbocycles. The summed E-state index contributed by atoms with van der Waals surface area (Å²) in [7, 11) is 5.66. The third-order valence-corrected chi connectivity index (χ3v) is 3.72. The molecule has 3 atom stereocenters. The van der Waals surface area contributed by atoms with Crippen LogP contribution in [-0.4, -0.2) is 64.6 Å². The minimum Gasteiger partial charge on any atom is -0.382 e. The van der Waals surface area contributed by atoms with E-state index < -0.39 is 0 Å². The first-order valence-corrected chi connectivity index (χ1v) is 6.61. The van der Waals surface area contributed by atoms with Crippen molar-refractivity contribution in [2.75, 3.05) is 47.5 Å². The van der Waals surface area contributed by atoms with Crippen molar-refractivity contribution in [1.29, 1.82) is 0 Å². The molecule has 1 aliphatic heterocycles. The van der Waals surface area contributed by atoms with E-state index in [2.05, 4.69) is 24.2 Å². The van der Waals surface area contributed by atoms with E-state index in [1.165, 1.54) is 25.9 Å². The van der Waals surface area contributed by atoms with Gasteiger partial charge in [0.15, 0.2) is 0 Å². The number of rotatable bonds is 7. The summed E-state index contributed by atoms with van der Waals surface area (Å²) in [5, 5.41) is 3.58. The van der Waals surface area contributed by atoms with Crippen molar-refractivity contribution >= 4 is 0 Å². The third-order valence-electron chi connectivity index (χ3n) is 3.72. The van der Waals surface area contributed by atoms with Gasteiger partial charge in [-0.1, -0.05) is 0 Å². The molecule has 0 spiro atoms. The van der Waals surface area contributed by atoms with Crippen LogP contribution in [0.5, 0.6) is 0 Å². The van der Waals surface area contributed by atoms with Crippen molar-refractivity contribution in [2.45, 2.75) is 31.9 Å². The number of nitrogens with one attached hydrogen (secondary N) is 1. The quantitative estimate of drug-likeness (QED) is 0.723. The van der Waals surface area contributed by atoms with Gasteiger partial charge in [-0.25, -0.2) is 0 Å². The second kappa shape index (κ2) is 8.03. The van der Waals surface area contributed by atoms with Gasteiger partial charge in [0, 0.05) is 33.4 Å². The first-order valence-electron chi connectivity index (χ1n) is 6.61. The molecule has 1 N–H and O–H groups in total. The molecule has 1 heterocycles. The standard InChI is InChI=1S/C13H28N2O2/c1-11(12-6-5-7-15(2)9-12)14-8-13(17-4)10-16-3/h11-14H,5-10H2,1-4H3. The number of piperidine rings is 1. The molecule has 1 rings (SSSR count). The summed E-state index contributed by atoms with van der Waals surface area (Å²) in [4.78, 5) is 2.43. The maximum Gasteiger partial charge on any atom is 0.0928 e. The van der Waals surface area contributed by atoms with Crippen LogP contribution >= 0.6 is 0 Å². The first kappa shape index (κ1) is 14.9. The lowest BCUT2D eigenvalue weighted by Crippen LogP contribution is -2.45. The van der Waals surface area contributed by atoms with Gasteiger partial charge in [0.05, 0.1) is 12.7 Å². The number of hydrogen-bond donors (Lipinski definition) is 1. The van der Waals surface area contributed by atoms with Gasteiger partial charge in [0.1, 0.15) is 0 Å². The Hall–Kier alpha value is -0.160. The van der Waals surface area contributed by atoms with Gasteiger partial charge in [-0.3, -0.25) is 0 Å². The Labute approximate surface area is 106 Å². The van der Waals surface area contributed by atoms with Gasteiger partial charge in [-0.15, -0.1) is 0 Å². The lowest BCUT2D eigenvalue weighted by molar-refractivity contribution is 0.0255. The maximum absolute atomic E-state index is 5.35. The van der Waals surface area contributed by atoms with Crippen LogP contribution in [0.4, 0.5) is 0 Å². The summed E-state index contributed by atoms with van der Waals surface area (Å²) < 4.78 is 10.5. The largest absolute Gasteiger partial charge is 0.382 e. The van der Waals surface area contributed by atoms with Crippen molar-refractivity contribution in [1.82, 2.24) is 10.2 Å². The Morgan fingerprint density at radius 3 is 2.76 bits per heavy atom. The van der Waals surface area contributed by atoms with E-state index in [1.54, 1.807) is 14.2 Å². The predicted octanol–water partition coefficient (Wildman–Crippen LogP) is 0.968. The SMILES string of the molecule is COCC(CNC(C)C1CCCN(C)C1)OC. The van der Waals surface area contributed by atoms with E-state index in [-0.39, 0.29) is 6.10 Å². The van der Waals surface area contributed by atoms with E-state index in [4.69, 9.17) is 9.47 Å². The highest BCUT2D eigenvalue weighted by atomic mass is 16.5. The number of nitrogens with zero attached hydrogens (tertiary/aromatic N) is 1. The molecule has 0 saturated carbocycles. The fraction of sp³-hybridized carbons (Fsp3) is 1.00. The monoisotopic (exact) mass is 244 g/mol. The fourth-order valence-electron chi connectivity index (χ4n) is 2.49. The summed E-state index contributed by atoms with van der Waals surface area (Å²) in [6, 6.07) is 0.548. The molecule has 0 aliphatic carbocycles. The molecule has 17 heavy (non-hydrogen) atoms. The van der Waals surface area contributed by atoms with Gasteiger partial charge in [0.25, 0.3) is 0 Å². The minimum atomic E-state index is 0.156. The lowest BCUT2D eigenvalue weighted by atomic mass is 9.92. The Morgan fingerprint density at radius 1 is 1.41 bits per heavy atom. The van der Waals surface area contributed by atoms with Crippen LogP contribution in [0.2, 0.25) is 0 Å². The second-order valence-electron chi connectivity index (χ2n) is 5.17. The Bertz CT molecular complexity index is 202. The van der Waals surface area contributed by atoms with Crippen LogP contribution < -0.4 is 5.32 Å². The van der Waals surface area contributed by atoms with Crippen LogP contribution in [0.25, 0.3) is 0 Å². The summed E-state index contributed by atoms with van der Waals surface area (Å²) in [6.07, 6.45) is 2.81. The van der Waals surface area contributed by atoms with E-state index in [0.717, 1.165) is 12.5 Å². The molecule has 0 amide bonds. The molecule has 1 aliphatic rings. The summed E-state index contributed by atoms with van der Waals surface area (Å²) in [6.45, 7) is 6.25. The van der Waals surface area contributed by atoms with Crippen molar-refractivity contribution in [2.24, 2.45) is 5.92 Å². The third kappa shape index (κ3) is 5.34. The molecule has 1 fully saturated rings. The number of hydrogen-bond acceptors (Lipinski definition) is 4. The molecular weight excluding hydrogens is 216 g/mol. The summed E-state index contributed by atoms with van der Waals surface area (Å²) >= 11 is 0. The smallest absolute Gasteiger partial charge is 0.0928 e. The van der Waals surface area contributed by atoms with Crippen molar-refractivity contribution in [3.8, 4) is 0 Å². The number of methoxy groups -OCH3 is 2. The topological polar surface area (TPSA) is 33.7 Å². The Kier molecular flexibility index (Phi) is 7.04. The average molecular weight is 244 g/mol. The van der Waals surface area contributed by atoms with Crippen LogP contribution in [0.15, 0.2) is 0 Å². The van der Waals surface area contributed by atoms with Gasteiger partial charge >= 0.3 is 0 Å². The van der Waals surface area contributed by atoms with Crippen LogP contribution in [-0.2, 0) is 9.47 Å². The second-order valence-corrected chi connectivity index (χ2v) is 5.17. The molecule has 102 valence electrons. The molecule has 4 heteroatoms. The molecule has 0 aromatic heterocycles. The summed E-state index contributed by atoms with van der Waals surface area (Å²) in [5.74, 6) is 0.758. The van der Waals surface area contributed by atoms with Crippen molar-refractivity contribution in [3.63, 3.8) is 0 Å². The molecule has 4 nitrogen and oxygen atoms in total. The number of ether oxygens (including phenoxy) is 2. The van der Waals surface area contributed by atoms with Crippen molar-refractivity contribution in [3.05, 3.63) is 0 Å². The minimum absolute atomic E-state index is 0.156. The van der Waals surface area contributed by atoms with E-state index >= 15 is 0 Å². The molecule has 0 bridgehead atoms. The first-order chi connectivity index (χ1) is 8.17. The van der Waals surface area contributed by atoms with Crippen LogP contribution in [0.1, 0.15) is 19.8 Å². The van der Waals surface area contributed by atoms with E-state index in [9.17, 15) is 0 Å². The van der Waals surface area contributed by atoms with E-state index in [1.807, 2.05) is 0 Å². The van der Waals surface area contributed by atoms with E-state index in [0.29, 0.717) is 12.6 Å². The highest BCUT2D eigenvalue weighted by molar-refractivity contribution is 4.79. The highest BCUT2D eigenvalue weighted by Gasteiger charge is 2.23. The van der Waals surface area contributed by atoms with Gasteiger partial charge in [-0.2, -0.15) is 0 Å². The zero-order valence-electron chi connectivity index (χ0n) is 11.7. The Morgan fingerprint density at radius 2 is 2.18 bits per heavy atom. The highest BCUT2D eigenvalue weighted by Crippen LogP contribution is 2.18. The maximum atomic E-state index is 5.35. The average Bonchev–Trinajstić information content (AvgIpc) is 2.34. The molecular formula is C13H28N2O2. The fourth-order valence-corrected chi connectivity index (χ4v) is 2.49. The zero-order valence-corrected chi connectivity index (χ0v) is 11.7. The Balaban J connectivity index is 2.25. The molecule has 0 radical (unpaired) electrons. The van der Waals surface area contributed by atoms with Gasteiger partial charge in [-0.05, 0) is 39.3 Å². The summed E-state index contributed by atoms with van der Waals surface area (Å²) in [5.41, 5.74) is 0. The van der Waals surface area contributed by atoms with Crippen LogP contribution in [0.3, 0.4) is 0 Å². The molecule has 3 unspecified atom stereocenters. The predicted molar refractivity (Wildman–Crippen MR) is 70.4 cm³/mol. The normalized spacial score (nSPS) is 25.8. The number of likely N-dealkylation sites (tertiary alicyclic amines) is 1. The van der Waals surface area contributed by atoms with Gasteiger partial charge in [0.2, 0.25) is 0 Å². The molecule has 1 saturated heterocycles. The zero-order chi connectivity index (χ0) is 12.7. The van der Waals surface area contributed by atoms with Gasteiger partial charge < -0.3 is 19.7 Å². The van der Waals surface area contributed by atoms with Crippen molar-refractivity contribution < 1.29 is 9.47 Å².